The molecule has 5 heteroatoms. The van der Waals surface area contributed by atoms with Gasteiger partial charge in [0.05, 0.1) is 17.5 Å². The molecule has 3 heterocycles. The zero-order valence-corrected chi connectivity index (χ0v) is 11.7. The van der Waals surface area contributed by atoms with Gasteiger partial charge in [-0.1, -0.05) is 0 Å². The van der Waals surface area contributed by atoms with Gasteiger partial charge in [0, 0.05) is 21.8 Å². The summed E-state index contributed by atoms with van der Waals surface area (Å²) in [6.07, 6.45) is 5.29. The molecule has 0 unspecified atom stereocenters. The fraction of sp³-hybridized carbons (Fsp3) is 0.0769. The lowest BCUT2D eigenvalue weighted by Gasteiger charge is -2.04. The van der Waals surface area contributed by atoms with Crippen molar-refractivity contribution in [2.24, 2.45) is 0 Å². The summed E-state index contributed by atoms with van der Waals surface area (Å²) in [4.78, 5) is 9.85. The number of hydrogen-bond acceptors (Lipinski definition) is 4. The summed E-state index contributed by atoms with van der Waals surface area (Å²) in [5.41, 5.74) is 1.83. The smallest absolute Gasteiger partial charge is 0.113 e. The number of furan rings is 1. The van der Waals surface area contributed by atoms with E-state index in [9.17, 15) is 0 Å². The van der Waals surface area contributed by atoms with Gasteiger partial charge in [-0.15, -0.1) is 11.8 Å². The number of aromatic nitrogens is 2. The van der Waals surface area contributed by atoms with Gasteiger partial charge in [-0.3, -0.25) is 9.97 Å². The van der Waals surface area contributed by atoms with E-state index in [1.165, 1.54) is 0 Å². The molecular formula is C13H9BrN2OS. The Hall–Kier alpha value is -1.33. The van der Waals surface area contributed by atoms with E-state index in [-0.39, 0.29) is 0 Å². The Balaban J connectivity index is 1.92. The summed E-state index contributed by atoms with van der Waals surface area (Å²) in [5, 5.41) is 0. The average molecular weight is 321 g/mol. The SMILES string of the molecule is Brc1cnc2c(SCc3ccco3)ccnc2c1. The predicted molar refractivity (Wildman–Crippen MR) is 75.5 cm³/mol. The Morgan fingerprint density at radius 1 is 1.28 bits per heavy atom. The number of nitrogens with zero attached hydrogens (tertiary/aromatic N) is 2. The molecule has 0 aliphatic heterocycles. The van der Waals surface area contributed by atoms with Crippen LogP contribution in [0.4, 0.5) is 0 Å². The van der Waals surface area contributed by atoms with Crippen LogP contribution in [0.3, 0.4) is 0 Å². The molecule has 0 N–H and O–H groups in total. The molecule has 0 aromatic carbocycles. The maximum Gasteiger partial charge on any atom is 0.113 e. The van der Waals surface area contributed by atoms with Crippen LogP contribution in [0.25, 0.3) is 11.0 Å². The second kappa shape index (κ2) is 5.12. The first-order valence-corrected chi connectivity index (χ1v) is 7.16. The summed E-state index contributed by atoms with van der Waals surface area (Å²) in [7, 11) is 0. The van der Waals surface area contributed by atoms with E-state index in [1.807, 2.05) is 24.3 Å². The van der Waals surface area contributed by atoms with Crippen molar-refractivity contribution in [3.05, 3.63) is 53.2 Å². The molecule has 3 aromatic rings. The quantitative estimate of drug-likeness (QED) is 0.675. The van der Waals surface area contributed by atoms with Crippen molar-refractivity contribution in [1.29, 1.82) is 0 Å². The second-order valence-corrected chi connectivity index (χ2v) is 5.63. The normalized spacial score (nSPS) is 10.9. The monoisotopic (exact) mass is 320 g/mol. The Morgan fingerprint density at radius 2 is 2.22 bits per heavy atom. The van der Waals surface area contributed by atoms with Gasteiger partial charge < -0.3 is 4.42 Å². The fourth-order valence-electron chi connectivity index (χ4n) is 1.64. The first kappa shape index (κ1) is 11.7. The summed E-state index contributed by atoms with van der Waals surface area (Å²) >= 11 is 5.11. The van der Waals surface area contributed by atoms with Gasteiger partial charge in [0.15, 0.2) is 0 Å². The predicted octanol–water partition coefficient (Wildman–Crippen LogP) is 4.28. The molecule has 90 valence electrons. The van der Waals surface area contributed by atoms with Gasteiger partial charge in [-0.2, -0.15) is 0 Å². The van der Waals surface area contributed by atoms with Crippen LogP contribution >= 0.6 is 27.7 Å². The van der Waals surface area contributed by atoms with E-state index in [0.717, 1.165) is 31.9 Å². The number of rotatable bonds is 3. The summed E-state index contributed by atoms with van der Waals surface area (Å²) in [5.74, 6) is 1.76. The Bertz CT molecular complexity index is 670. The molecule has 3 nitrogen and oxygen atoms in total. The fourth-order valence-corrected chi connectivity index (χ4v) is 2.87. The van der Waals surface area contributed by atoms with E-state index in [2.05, 4.69) is 25.9 Å². The summed E-state index contributed by atoms with van der Waals surface area (Å²) in [6.45, 7) is 0. The van der Waals surface area contributed by atoms with Gasteiger partial charge in [-0.05, 0) is 40.2 Å². The Labute approximate surface area is 117 Å². The van der Waals surface area contributed by atoms with Crippen LogP contribution in [0.5, 0.6) is 0 Å². The van der Waals surface area contributed by atoms with Crippen molar-refractivity contribution in [2.75, 3.05) is 0 Å². The summed E-state index contributed by atoms with van der Waals surface area (Å²) in [6, 6.07) is 7.83. The highest BCUT2D eigenvalue weighted by Crippen LogP contribution is 2.29. The zero-order valence-electron chi connectivity index (χ0n) is 9.34. The van der Waals surface area contributed by atoms with Crippen LogP contribution < -0.4 is 0 Å². The minimum absolute atomic E-state index is 0.795. The molecule has 18 heavy (non-hydrogen) atoms. The number of fused-ring (bicyclic) bond motifs is 1. The van der Waals surface area contributed by atoms with Crippen LogP contribution in [0.15, 0.2) is 56.7 Å². The number of thioether (sulfide) groups is 1. The Kier molecular flexibility index (Phi) is 3.34. The minimum atomic E-state index is 0.795. The maximum atomic E-state index is 5.32. The van der Waals surface area contributed by atoms with Crippen molar-refractivity contribution in [3.63, 3.8) is 0 Å². The molecule has 3 aromatic heterocycles. The largest absolute Gasteiger partial charge is 0.468 e. The summed E-state index contributed by atoms with van der Waals surface area (Å²) < 4.78 is 6.26. The van der Waals surface area contributed by atoms with Crippen molar-refractivity contribution >= 4 is 38.7 Å². The molecule has 3 rings (SSSR count). The third-order valence-corrected chi connectivity index (χ3v) is 3.96. The topological polar surface area (TPSA) is 38.9 Å². The number of halogens is 1. The van der Waals surface area contributed by atoms with Crippen molar-refractivity contribution in [3.8, 4) is 0 Å². The molecule has 0 aliphatic rings. The molecule has 0 atom stereocenters. The van der Waals surface area contributed by atoms with Crippen LogP contribution in [0.1, 0.15) is 5.76 Å². The third-order valence-electron chi connectivity index (χ3n) is 2.46. The molecule has 0 amide bonds. The van der Waals surface area contributed by atoms with E-state index < -0.39 is 0 Å². The highest BCUT2D eigenvalue weighted by Gasteiger charge is 2.06. The van der Waals surface area contributed by atoms with E-state index in [0.29, 0.717) is 0 Å². The highest BCUT2D eigenvalue weighted by atomic mass is 79.9. The van der Waals surface area contributed by atoms with Crippen LogP contribution in [-0.4, -0.2) is 9.97 Å². The van der Waals surface area contributed by atoms with Gasteiger partial charge >= 0.3 is 0 Å². The lowest BCUT2D eigenvalue weighted by Crippen LogP contribution is -1.86. The van der Waals surface area contributed by atoms with Crippen LogP contribution in [-0.2, 0) is 5.75 Å². The molecule has 0 fully saturated rings. The zero-order chi connectivity index (χ0) is 12.4. The van der Waals surface area contributed by atoms with Crippen LogP contribution in [0.2, 0.25) is 0 Å². The molecule has 0 aliphatic carbocycles. The Morgan fingerprint density at radius 3 is 3.06 bits per heavy atom. The third kappa shape index (κ3) is 2.42. The van der Waals surface area contributed by atoms with Crippen molar-refractivity contribution in [2.45, 2.75) is 10.6 Å². The van der Waals surface area contributed by atoms with E-state index >= 15 is 0 Å². The highest BCUT2D eigenvalue weighted by molar-refractivity contribution is 9.10. The van der Waals surface area contributed by atoms with Crippen molar-refractivity contribution in [1.82, 2.24) is 9.97 Å². The van der Waals surface area contributed by atoms with Gasteiger partial charge in [0.2, 0.25) is 0 Å². The van der Waals surface area contributed by atoms with Gasteiger partial charge in [-0.25, -0.2) is 0 Å². The number of hydrogen-bond donors (Lipinski definition) is 0. The van der Waals surface area contributed by atoms with Crippen LogP contribution in [0, 0.1) is 0 Å². The van der Waals surface area contributed by atoms with E-state index in [1.54, 1.807) is 30.4 Å². The standard InChI is InChI=1S/C13H9BrN2OS/c14-9-6-11-13(16-7-9)12(3-4-15-11)18-8-10-2-1-5-17-10/h1-7H,8H2. The number of pyridine rings is 2. The molecule has 0 saturated carbocycles. The minimum Gasteiger partial charge on any atom is -0.468 e. The molecule has 0 saturated heterocycles. The lowest BCUT2D eigenvalue weighted by atomic mass is 10.3. The van der Waals surface area contributed by atoms with E-state index in [4.69, 9.17) is 4.42 Å². The second-order valence-electron chi connectivity index (χ2n) is 3.70. The maximum absolute atomic E-state index is 5.32. The lowest BCUT2D eigenvalue weighted by molar-refractivity contribution is 0.530. The molecule has 0 bridgehead atoms. The molecular weight excluding hydrogens is 312 g/mol. The van der Waals surface area contributed by atoms with Gasteiger partial charge in [0.25, 0.3) is 0 Å². The molecule has 0 spiro atoms. The van der Waals surface area contributed by atoms with Gasteiger partial charge in [0.1, 0.15) is 11.3 Å². The first-order valence-electron chi connectivity index (χ1n) is 5.38. The average Bonchev–Trinajstić information content (AvgIpc) is 2.89. The molecule has 0 radical (unpaired) electrons. The van der Waals surface area contributed by atoms with Crippen molar-refractivity contribution < 1.29 is 4.42 Å². The first-order chi connectivity index (χ1) is 8.83.